The zero-order chi connectivity index (χ0) is 14.0. The predicted molar refractivity (Wildman–Crippen MR) is 69.0 cm³/mol. The number of halogens is 1. The molecule has 1 N–H and O–H groups in total. The summed E-state index contributed by atoms with van der Waals surface area (Å²) in [5, 5.41) is 7.67. The second-order valence-electron chi connectivity index (χ2n) is 3.95. The van der Waals surface area contributed by atoms with E-state index in [1.54, 1.807) is 18.5 Å². The lowest BCUT2D eigenvalue weighted by molar-refractivity contribution is 0.553. The number of aromatic nitrogens is 4. The number of nitrogens with zero attached hydrogens (tertiary/aromatic N) is 4. The Labute approximate surface area is 115 Å². The molecule has 2 heterocycles. The predicted octanol–water partition coefficient (Wildman–Crippen LogP) is 0.903. The molecule has 0 aliphatic heterocycles. The van der Waals surface area contributed by atoms with Crippen molar-refractivity contribution >= 4 is 21.6 Å². The highest BCUT2D eigenvalue weighted by Crippen LogP contribution is 2.21. The van der Waals surface area contributed by atoms with Crippen LogP contribution in [0.5, 0.6) is 0 Å². The maximum atomic E-state index is 12.2. The molecule has 7 nitrogen and oxygen atoms in total. The van der Waals surface area contributed by atoms with Gasteiger partial charge >= 0.3 is 0 Å². The first kappa shape index (κ1) is 13.9. The summed E-state index contributed by atoms with van der Waals surface area (Å²) in [6.07, 6.45) is 4.12. The van der Waals surface area contributed by atoms with Gasteiger partial charge in [0.05, 0.1) is 11.1 Å². The molecule has 0 amide bonds. The van der Waals surface area contributed by atoms with Crippen molar-refractivity contribution in [3.05, 3.63) is 35.6 Å². The Morgan fingerprint density at radius 1 is 1.47 bits per heavy atom. The fraction of sp³-hybridized carbons (Fsp3) is 0.300. The number of pyridine rings is 1. The van der Waals surface area contributed by atoms with Gasteiger partial charge in [0.1, 0.15) is 17.0 Å². The Balaban J connectivity index is 2.28. The van der Waals surface area contributed by atoms with Crippen molar-refractivity contribution < 1.29 is 8.42 Å². The molecule has 0 aliphatic carbocycles. The quantitative estimate of drug-likeness (QED) is 0.906. The summed E-state index contributed by atoms with van der Waals surface area (Å²) in [5.41, 5.74) is 0. The topological polar surface area (TPSA) is 89.8 Å². The van der Waals surface area contributed by atoms with Gasteiger partial charge in [0.2, 0.25) is 10.0 Å². The SMILES string of the molecule is CC(NS(=O)(=O)c1cnccc1Cl)c1nncn1C. The summed E-state index contributed by atoms with van der Waals surface area (Å²) in [7, 11) is -2.03. The third kappa shape index (κ3) is 2.91. The van der Waals surface area contributed by atoms with Crippen molar-refractivity contribution in [2.75, 3.05) is 0 Å². The first-order valence-corrected chi connectivity index (χ1v) is 7.23. The average molecular weight is 302 g/mol. The minimum atomic E-state index is -3.76. The standard InChI is InChI=1S/C10H12ClN5O2S/c1-7(10-14-13-6-16(10)2)15-19(17,18)9-5-12-4-3-8(9)11/h3-7,15H,1-2H3. The Morgan fingerprint density at radius 2 is 2.21 bits per heavy atom. The van der Waals surface area contributed by atoms with Gasteiger partial charge in [0, 0.05) is 19.4 Å². The molecule has 2 aromatic rings. The number of sulfonamides is 1. The van der Waals surface area contributed by atoms with Crippen molar-refractivity contribution in [2.24, 2.45) is 7.05 Å². The molecule has 0 radical (unpaired) electrons. The summed E-state index contributed by atoms with van der Waals surface area (Å²) in [4.78, 5) is 3.70. The largest absolute Gasteiger partial charge is 0.319 e. The molecular formula is C10H12ClN5O2S. The van der Waals surface area contributed by atoms with Gasteiger partial charge in [0.15, 0.2) is 0 Å². The third-order valence-electron chi connectivity index (χ3n) is 2.49. The molecule has 0 aromatic carbocycles. The van der Waals surface area contributed by atoms with Gasteiger partial charge in [0.25, 0.3) is 0 Å². The molecule has 0 aliphatic rings. The second kappa shape index (κ2) is 5.24. The van der Waals surface area contributed by atoms with Crippen LogP contribution >= 0.6 is 11.6 Å². The maximum absolute atomic E-state index is 12.2. The van der Waals surface area contributed by atoms with Crippen LogP contribution in [0, 0.1) is 0 Å². The molecule has 2 rings (SSSR count). The van der Waals surface area contributed by atoms with E-state index in [1.807, 2.05) is 0 Å². The second-order valence-corrected chi connectivity index (χ2v) is 6.04. The lowest BCUT2D eigenvalue weighted by Crippen LogP contribution is -2.28. The highest BCUT2D eigenvalue weighted by Gasteiger charge is 2.23. The Morgan fingerprint density at radius 3 is 2.79 bits per heavy atom. The van der Waals surface area contributed by atoms with Crippen molar-refractivity contribution in [2.45, 2.75) is 17.9 Å². The molecule has 0 bridgehead atoms. The van der Waals surface area contributed by atoms with E-state index in [-0.39, 0.29) is 9.92 Å². The Hall–Kier alpha value is -1.51. The molecule has 0 fully saturated rings. The maximum Gasteiger partial charge on any atom is 0.244 e. The zero-order valence-electron chi connectivity index (χ0n) is 10.3. The number of hydrogen-bond acceptors (Lipinski definition) is 5. The van der Waals surface area contributed by atoms with Gasteiger partial charge < -0.3 is 4.57 Å². The first-order valence-electron chi connectivity index (χ1n) is 5.37. The molecule has 0 saturated heterocycles. The minimum Gasteiger partial charge on any atom is -0.319 e. The summed E-state index contributed by atoms with van der Waals surface area (Å²) in [6.45, 7) is 1.67. The fourth-order valence-electron chi connectivity index (χ4n) is 1.59. The van der Waals surface area contributed by atoms with Crippen molar-refractivity contribution in [1.82, 2.24) is 24.5 Å². The normalized spacial score (nSPS) is 13.4. The van der Waals surface area contributed by atoms with Crippen LogP contribution in [0.25, 0.3) is 0 Å². The van der Waals surface area contributed by atoms with E-state index in [4.69, 9.17) is 11.6 Å². The molecular weight excluding hydrogens is 290 g/mol. The van der Waals surface area contributed by atoms with Crippen LogP contribution in [0.1, 0.15) is 18.8 Å². The molecule has 1 unspecified atom stereocenters. The van der Waals surface area contributed by atoms with Gasteiger partial charge in [-0.3, -0.25) is 4.98 Å². The molecule has 0 saturated carbocycles. The minimum absolute atomic E-state index is 0.0642. The number of aryl methyl sites for hydroxylation is 1. The fourth-order valence-corrected chi connectivity index (χ4v) is 3.23. The van der Waals surface area contributed by atoms with Crippen LogP contribution in [0.4, 0.5) is 0 Å². The lowest BCUT2D eigenvalue weighted by atomic mass is 10.3. The van der Waals surface area contributed by atoms with Crippen LogP contribution in [-0.4, -0.2) is 28.2 Å². The van der Waals surface area contributed by atoms with Crippen LogP contribution in [0.15, 0.2) is 29.7 Å². The summed E-state index contributed by atoms with van der Waals surface area (Å²) in [5.74, 6) is 0.503. The van der Waals surface area contributed by atoms with Gasteiger partial charge in [-0.25, -0.2) is 13.1 Å². The third-order valence-corrected chi connectivity index (χ3v) is 4.50. The molecule has 102 valence electrons. The van der Waals surface area contributed by atoms with Crippen LogP contribution in [-0.2, 0) is 17.1 Å². The van der Waals surface area contributed by atoms with Gasteiger partial charge in [-0.05, 0) is 13.0 Å². The molecule has 19 heavy (non-hydrogen) atoms. The monoisotopic (exact) mass is 301 g/mol. The van der Waals surface area contributed by atoms with E-state index >= 15 is 0 Å². The van der Waals surface area contributed by atoms with E-state index in [1.165, 1.54) is 24.8 Å². The average Bonchev–Trinajstić information content (AvgIpc) is 2.75. The number of rotatable bonds is 4. The van der Waals surface area contributed by atoms with Crippen LogP contribution in [0.3, 0.4) is 0 Å². The van der Waals surface area contributed by atoms with Crippen LogP contribution in [0.2, 0.25) is 5.02 Å². The summed E-state index contributed by atoms with van der Waals surface area (Å²) < 4.78 is 28.5. The van der Waals surface area contributed by atoms with Gasteiger partial charge in [-0.1, -0.05) is 11.6 Å². The summed E-state index contributed by atoms with van der Waals surface area (Å²) >= 11 is 5.86. The van der Waals surface area contributed by atoms with Crippen molar-refractivity contribution in [3.8, 4) is 0 Å². The smallest absolute Gasteiger partial charge is 0.244 e. The van der Waals surface area contributed by atoms with Crippen molar-refractivity contribution in [1.29, 1.82) is 0 Å². The molecule has 9 heteroatoms. The molecule has 2 aromatic heterocycles. The van der Waals surface area contributed by atoms with Gasteiger partial charge in [-0.15, -0.1) is 10.2 Å². The Kier molecular flexibility index (Phi) is 3.83. The highest BCUT2D eigenvalue weighted by molar-refractivity contribution is 7.89. The first-order chi connectivity index (χ1) is 8.92. The Bertz CT molecular complexity index is 685. The zero-order valence-corrected chi connectivity index (χ0v) is 11.9. The van der Waals surface area contributed by atoms with E-state index in [2.05, 4.69) is 19.9 Å². The highest BCUT2D eigenvalue weighted by atomic mass is 35.5. The van der Waals surface area contributed by atoms with E-state index < -0.39 is 16.1 Å². The molecule has 1 atom stereocenters. The van der Waals surface area contributed by atoms with Crippen LogP contribution < -0.4 is 4.72 Å². The van der Waals surface area contributed by atoms with E-state index in [0.717, 1.165) is 0 Å². The number of nitrogens with one attached hydrogen (secondary N) is 1. The summed E-state index contributed by atoms with van der Waals surface area (Å²) in [6, 6.07) is 0.886. The van der Waals surface area contributed by atoms with Gasteiger partial charge in [-0.2, -0.15) is 0 Å². The molecule has 0 spiro atoms. The van der Waals surface area contributed by atoms with E-state index in [0.29, 0.717) is 5.82 Å². The van der Waals surface area contributed by atoms with E-state index in [9.17, 15) is 8.42 Å². The number of hydrogen-bond donors (Lipinski definition) is 1. The lowest BCUT2D eigenvalue weighted by Gasteiger charge is -2.13. The van der Waals surface area contributed by atoms with Crippen molar-refractivity contribution in [3.63, 3.8) is 0 Å².